The van der Waals surface area contributed by atoms with Gasteiger partial charge in [0, 0.05) is 37.1 Å². The van der Waals surface area contributed by atoms with Crippen molar-refractivity contribution in [3.8, 4) is 0 Å². The van der Waals surface area contributed by atoms with Crippen LogP contribution in [-0.4, -0.2) is 56.5 Å². The molecule has 0 radical (unpaired) electrons. The zero-order valence-corrected chi connectivity index (χ0v) is 17.5. The predicted octanol–water partition coefficient (Wildman–Crippen LogP) is 2.84. The Balaban J connectivity index is 2.11. The summed E-state index contributed by atoms with van der Waals surface area (Å²) >= 11 is 6.21. The number of benzene rings is 1. The summed E-state index contributed by atoms with van der Waals surface area (Å²) in [7, 11) is -1.43. The Labute approximate surface area is 160 Å². The molecule has 2 rings (SSSR count). The smallest absolute Gasteiger partial charge is 0.193 e. The van der Waals surface area contributed by atoms with E-state index in [1.165, 1.54) is 12.1 Å². The maximum atomic E-state index is 13.3. The van der Waals surface area contributed by atoms with Crippen molar-refractivity contribution in [2.45, 2.75) is 37.9 Å². The molecule has 1 aliphatic heterocycles. The van der Waals surface area contributed by atoms with Crippen molar-refractivity contribution in [2.75, 3.05) is 32.4 Å². The number of nitrogens with one attached hydrogen (secondary N) is 1. The Hall–Kier alpha value is -1.34. The molecule has 0 aliphatic carbocycles. The molecule has 0 atom stereocenters. The highest BCUT2D eigenvalue weighted by Gasteiger charge is 2.41. The van der Waals surface area contributed by atoms with E-state index >= 15 is 0 Å². The van der Waals surface area contributed by atoms with E-state index in [4.69, 9.17) is 11.6 Å². The predicted molar refractivity (Wildman–Crippen MR) is 105 cm³/mol. The van der Waals surface area contributed by atoms with Gasteiger partial charge in [-0.25, -0.2) is 12.8 Å². The van der Waals surface area contributed by atoms with Crippen molar-refractivity contribution in [2.24, 2.45) is 4.99 Å². The van der Waals surface area contributed by atoms with Crippen LogP contribution in [0.2, 0.25) is 5.02 Å². The molecular formula is C18H27ClFN3O2S. The highest BCUT2D eigenvalue weighted by molar-refractivity contribution is 7.92. The summed E-state index contributed by atoms with van der Waals surface area (Å²) in [6.07, 6.45) is 0. The summed E-state index contributed by atoms with van der Waals surface area (Å²) in [6, 6.07) is 4.40. The molecule has 1 N–H and O–H groups in total. The molecule has 146 valence electrons. The maximum Gasteiger partial charge on any atom is 0.193 e. The second-order valence-electron chi connectivity index (χ2n) is 7.91. The highest BCUT2D eigenvalue weighted by Crippen LogP contribution is 2.30. The lowest BCUT2D eigenvalue weighted by atomic mass is 9.84. The molecule has 1 aliphatic rings. The van der Waals surface area contributed by atoms with Crippen LogP contribution in [0.1, 0.15) is 33.3 Å². The zero-order chi connectivity index (χ0) is 19.8. The van der Waals surface area contributed by atoms with Crippen LogP contribution in [0, 0.1) is 5.82 Å². The standard InChI is InChI=1S/C18H27ClFN3O2S/c1-17(2,14-7-6-13(20)10-15(14)19)11-22-16(21-5)23-8-9-26(24,25)18(3,4)12-23/h6-7,10H,8-9,11-12H2,1-5H3,(H,21,22). The van der Waals surface area contributed by atoms with Crippen molar-refractivity contribution < 1.29 is 12.8 Å². The molecular weight excluding hydrogens is 377 g/mol. The normalized spacial score (nSPS) is 20.1. The fourth-order valence-electron chi connectivity index (χ4n) is 3.09. The lowest BCUT2D eigenvalue weighted by molar-refractivity contribution is 0.349. The van der Waals surface area contributed by atoms with Gasteiger partial charge in [0.25, 0.3) is 0 Å². The van der Waals surface area contributed by atoms with Crippen molar-refractivity contribution >= 4 is 27.4 Å². The number of guanidine groups is 1. The van der Waals surface area contributed by atoms with E-state index in [1.54, 1.807) is 27.0 Å². The summed E-state index contributed by atoms with van der Waals surface area (Å²) in [5.74, 6) is 0.391. The first-order chi connectivity index (χ1) is 11.9. The minimum Gasteiger partial charge on any atom is -0.355 e. The topological polar surface area (TPSA) is 61.8 Å². The van der Waals surface area contributed by atoms with E-state index in [-0.39, 0.29) is 17.0 Å². The van der Waals surface area contributed by atoms with Gasteiger partial charge >= 0.3 is 0 Å². The summed E-state index contributed by atoms with van der Waals surface area (Å²) < 4.78 is 36.9. The number of halogens is 2. The Kier molecular flexibility index (Phi) is 5.93. The van der Waals surface area contributed by atoms with Gasteiger partial charge in [-0.05, 0) is 31.5 Å². The Morgan fingerprint density at radius 3 is 2.62 bits per heavy atom. The maximum absolute atomic E-state index is 13.3. The minimum absolute atomic E-state index is 0.105. The van der Waals surface area contributed by atoms with Gasteiger partial charge in [-0.2, -0.15) is 0 Å². The molecule has 0 bridgehead atoms. The van der Waals surface area contributed by atoms with Gasteiger partial charge in [0.2, 0.25) is 0 Å². The van der Waals surface area contributed by atoms with Crippen molar-refractivity contribution in [1.29, 1.82) is 0 Å². The van der Waals surface area contributed by atoms with E-state index in [1.807, 2.05) is 18.7 Å². The van der Waals surface area contributed by atoms with E-state index in [9.17, 15) is 12.8 Å². The average Bonchev–Trinajstić information content (AvgIpc) is 2.50. The fourth-order valence-corrected chi connectivity index (χ4v) is 4.88. The van der Waals surface area contributed by atoms with Crippen molar-refractivity contribution in [3.63, 3.8) is 0 Å². The number of nitrogens with zero attached hydrogens (tertiary/aromatic N) is 2. The molecule has 0 saturated carbocycles. The van der Waals surface area contributed by atoms with E-state index < -0.39 is 14.6 Å². The number of rotatable bonds is 3. The number of hydrogen-bond acceptors (Lipinski definition) is 3. The molecule has 5 nitrogen and oxygen atoms in total. The SMILES string of the molecule is CN=C(NCC(C)(C)c1ccc(F)cc1Cl)N1CCS(=O)(=O)C(C)(C)C1. The summed E-state index contributed by atoms with van der Waals surface area (Å²) in [5, 5.41) is 3.70. The van der Waals surface area contributed by atoms with Crippen LogP contribution < -0.4 is 5.32 Å². The first-order valence-electron chi connectivity index (χ1n) is 8.53. The quantitative estimate of drug-likeness (QED) is 0.622. The number of aliphatic imine (C=N–C) groups is 1. The molecule has 26 heavy (non-hydrogen) atoms. The Morgan fingerprint density at radius 2 is 2.08 bits per heavy atom. The van der Waals surface area contributed by atoms with Gasteiger partial charge < -0.3 is 10.2 Å². The van der Waals surface area contributed by atoms with Crippen LogP contribution in [0.4, 0.5) is 4.39 Å². The second kappa shape index (κ2) is 7.35. The van der Waals surface area contributed by atoms with Crippen molar-refractivity contribution in [1.82, 2.24) is 10.2 Å². The largest absolute Gasteiger partial charge is 0.355 e. The molecule has 1 fully saturated rings. The van der Waals surface area contributed by atoms with E-state index in [0.717, 1.165) is 5.56 Å². The Bertz CT molecular complexity index is 807. The first kappa shape index (κ1) is 21.0. The highest BCUT2D eigenvalue weighted by atomic mass is 35.5. The molecule has 8 heteroatoms. The third-order valence-corrected chi connectivity index (χ3v) is 7.75. The molecule has 0 unspecified atom stereocenters. The van der Waals surface area contributed by atoms with Gasteiger partial charge in [0.05, 0.1) is 10.5 Å². The molecule has 1 aromatic rings. The van der Waals surface area contributed by atoms with Gasteiger partial charge in [0.15, 0.2) is 15.8 Å². The van der Waals surface area contributed by atoms with Gasteiger partial charge in [0.1, 0.15) is 5.82 Å². The minimum atomic E-state index is -3.11. The van der Waals surface area contributed by atoms with Crippen LogP contribution in [0.25, 0.3) is 0 Å². The molecule has 0 amide bonds. The number of sulfone groups is 1. The molecule has 0 aromatic heterocycles. The summed E-state index contributed by atoms with van der Waals surface area (Å²) in [6.45, 7) is 8.81. The molecule has 1 heterocycles. The van der Waals surface area contributed by atoms with Crippen LogP contribution in [0.3, 0.4) is 0 Å². The van der Waals surface area contributed by atoms with Gasteiger partial charge in [-0.3, -0.25) is 4.99 Å². The Morgan fingerprint density at radius 1 is 1.42 bits per heavy atom. The van der Waals surface area contributed by atoms with E-state index in [0.29, 0.717) is 30.6 Å². The molecule has 1 saturated heterocycles. The lowest BCUT2D eigenvalue weighted by Gasteiger charge is -2.40. The third kappa shape index (κ3) is 4.31. The van der Waals surface area contributed by atoms with Crippen LogP contribution in [-0.2, 0) is 15.3 Å². The third-order valence-electron chi connectivity index (χ3n) is 4.90. The monoisotopic (exact) mass is 403 g/mol. The van der Waals surface area contributed by atoms with E-state index in [2.05, 4.69) is 10.3 Å². The van der Waals surface area contributed by atoms with Gasteiger partial charge in [-0.15, -0.1) is 0 Å². The molecule has 0 spiro atoms. The fraction of sp³-hybridized carbons (Fsp3) is 0.611. The average molecular weight is 404 g/mol. The molecule has 1 aromatic carbocycles. The second-order valence-corrected chi connectivity index (χ2v) is 11.1. The first-order valence-corrected chi connectivity index (χ1v) is 10.6. The lowest BCUT2D eigenvalue weighted by Crippen LogP contribution is -2.58. The number of hydrogen-bond donors (Lipinski definition) is 1. The van der Waals surface area contributed by atoms with Crippen LogP contribution in [0.15, 0.2) is 23.2 Å². The summed E-state index contributed by atoms with van der Waals surface area (Å²) in [5.41, 5.74) is 0.475. The zero-order valence-electron chi connectivity index (χ0n) is 15.9. The summed E-state index contributed by atoms with van der Waals surface area (Å²) in [4.78, 5) is 6.26. The van der Waals surface area contributed by atoms with Crippen molar-refractivity contribution in [3.05, 3.63) is 34.6 Å². The van der Waals surface area contributed by atoms with Crippen LogP contribution >= 0.6 is 11.6 Å². The van der Waals surface area contributed by atoms with Gasteiger partial charge in [-0.1, -0.05) is 31.5 Å². The van der Waals surface area contributed by atoms with Crippen LogP contribution in [0.5, 0.6) is 0 Å².